The molecule has 0 amide bonds. The summed E-state index contributed by atoms with van der Waals surface area (Å²) < 4.78 is 5.91. The van der Waals surface area contributed by atoms with Crippen molar-refractivity contribution in [2.75, 3.05) is 14.1 Å². The van der Waals surface area contributed by atoms with Crippen molar-refractivity contribution in [2.24, 2.45) is 0 Å². The van der Waals surface area contributed by atoms with E-state index in [1.54, 1.807) is 11.8 Å². The molecule has 0 saturated carbocycles. The Kier molecular flexibility index (Phi) is 3.57. The number of fused-ring (bicyclic) bond motifs is 1. The van der Waals surface area contributed by atoms with E-state index in [1.807, 2.05) is 7.05 Å². The van der Waals surface area contributed by atoms with Crippen molar-refractivity contribution >= 4 is 11.8 Å². The van der Waals surface area contributed by atoms with Crippen molar-refractivity contribution < 1.29 is 9.84 Å². The minimum absolute atomic E-state index is 0.0164. The summed E-state index contributed by atoms with van der Waals surface area (Å²) in [6.45, 7) is 2.06. The SMILES string of the molecule is CC[C@H]1O[C@@H]2SC(NC)N(C)[C@@H]2C[C@@H]1O. The van der Waals surface area contributed by atoms with Crippen LogP contribution in [0.25, 0.3) is 0 Å². The first-order valence-corrected chi connectivity index (χ1v) is 6.49. The van der Waals surface area contributed by atoms with Crippen molar-refractivity contribution in [3.05, 3.63) is 0 Å². The topological polar surface area (TPSA) is 44.7 Å². The van der Waals surface area contributed by atoms with Gasteiger partial charge in [0.2, 0.25) is 0 Å². The van der Waals surface area contributed by atoms with Crippen LogP contribution in [0, 0.1) is 0 Å². The highest BCUT2D eigenvalue weighted by atomic mass is 32.2. The molecule has 88 valence electrons. The van der Waals surface area contributed by atoms with Gasteiger partial charge in [0.1, 0.15) is 10.9 Å². The number of aliphatic hydroxyl groups excluding tert-OH is 1. The van der Waals surface area contributed by atoms with Crippen LogP contribution in [0.5, 0.6) is 0 Å². The summed E-state index contributed by atoms with van der Waals surface area (Å²) in [5.41, 5.74) is 0.517. The summed E-state index contributed by atoms with van der Waals surface area (Å²) in [7, 11) is 4.04. The average Bonchev–Trinajstić information content (AvgIpc) is 2.54. The number of aliphatic hydroxyl groups is 1. The van der Waals surface area contributed by atoms with Crippen LogP contribution in [0.4, 0.5) is 0 Å². The van der Waals surface area contributed by atoms with Gasteiger partial charge in [-0.2, -0.15) is 0 Å². The summed E-state index contributed by atoms with van der Waals surface area (Å²) in [4.78, 5) is 2.25. The molecule has 2 saturated heterocycles. The van der Waals surface area contributed by atoms with Gasteiger partial charge in [-0.25, -0.2) is 0 Å². The molecule has 15 heavy (non-hydrogen) atoms. The van der Waals surface area contributed by atoms with E-state index in [9.17, 15) is 5.11 Å². The van der Waals surface area contributed by atoms with Crippen LogP contribution >= 0.6 is 11.8 Å². The van der Waals surface area contributed by atoms with Crippen LogP contribution < -0.4 is 5.32 Å². The van der Waals surface area contributed by atoms with E-state index in [-0.39, 0.29) is 17.6 Å². The second-order valence-electron chi connectivity index (χ2n) is 4.26. The molecule has 2 aliphatic heterocycles. The summed E-state index contributed by atoms with van der Waals surface area (Å²) in [6, 6.07) is 0.338. The molecular formula is C10H20N2O2S. The van der Waals surface area contributed by atoms with Gasteiger partial charge in [-0.05, 0) is 26.9 Å². The van der Waals surface area contributed by atoms with Gasteiger partial charge in [0, 0.05) is 6.04 Å². The smallest absolute Gasteiger partial charge is 0.122 e. The predicted octanol–water partition coefficient (Wildman–Crippen LogP) is 0.422. The van der Waals surface area contributed by atoms with E-state index in [1.165, 1.54) is 0 Å². The summed E-state index contributed by atoms with van der Waals surface area (Å²) in [5.74, 6) is 0. The molecule has 5 heteroatoms. The van der Waals surface area contributed by atoms with Crippen molar-refractivity contribution in [3.63, 3.8) is 0 Å². The average molecular weight is 232 g/mol. The van der Waals surface area contributed by atoms with Crippen LogP contribution in [-0.2, 0) is 4.74 Å². The van der Waals surface area contributed by atoms with Gasteiger partial charge < -0.3 is 9.84 Å². The third-order valence-corrected chi connectivity index (χ3v) is 4.86. The quantitative estimate of drug-likeness (QED) is 0.722. The summed E-state index contributed by atoms with van der Waals surface area (Å²) >= 11 is 1.81. The van der Waals surface area contributed by atoms with Gasteiger partial charge in [0.15, 0.2) is 0 Å². The van der Waals surface area contributed by atoms with Gasteiger partial charge in [-0.1, -0.05) is 18.7 Å². The van der Waals surface area contributed by atoms with E-state index in [0.717, 1.165) is 12.8 Å². The van der Waals surface area contributed by atoms with E-state index in [0.29, 0.717) is 11.5 Å². The van der Waals surface area contributed by atoms with Crippen molar-refractivity contribution in [1.82, 2.24) is 10.2 Å². The molecule has 4 nitrogen and oxygen atoms in total. The van der Waals surface area contributed by atoms with Gasteiger partial charge >= 0.3 is 0 Å². The van der Waals surface area contributed by atoms with E-state index in [4.69, 9.17) is 4.74 Å². The first-order chi connectivity index (χ1) is 7.17. The molecule has 5 atom stereocenters. The van der Waals surface area contributed by atoms with Crippen molar-refractivity contribution in [1.29, 1.82) is 0 Å². The first-order valence-electron chi connectivity index (χ1n) is 5.55. The standard InChI is InChI=1S/C10H20N2O2S/c1-4-8-7(13)5-6-9(14-8)15-10(11-2)12(6)3/h6-11,13H,4-5H2,1-3H3/t6-,7+,8-,9-,10?/m1/s1. The van der Waals surface area contributed by atoms with Crippen LogP contribution in [0.1, 0.15) is 19.8 Å². The number of ether oxygens (including phenoxy) is 1. The fourth-order valence-corrected chi connectivity index (χ4v) is 3.81. The fraction of sp³-hybridized carbons (Fsp3) is 1.00. The fourth-order valence-electron chi connectivity index (χ4n) is 2.38. The second kappa shape index (κ2) is 4.59. The number of hydrogen-bond acceptors (Lipinski definition) is 5. The Morgan fingerprint density at radius 3 is 2.93 bits per heavy atom. The van der Waals surface area contributed by atoms with Crippen LogP contribution in [0.15, 0.2) is 0 Å². The third kappa shape index (κ3) is 2.03. The van der Waals surface area contributed by atoms with E-state index in [2.05, 4.69) is 24.2 Å². The number of nitrogens with zero attached hydrogens (tertiary/aromatic N) is 1. The van der Waals surface area contributed by atoms with Gasteiger partial charge in [0.05, 0.1) is 12.2 Å². The number of nitrogens with one attached hydrogen (secondary N) is 1. The summed E-state index contributed by atoms with van der Waals surface area (Å²) in [5, 5.41) is 13.2. The maximum atomic E-state index is 9.91. The Morgan fingerprint density at radius 2 is 2.33 bits per heavy atom. The zero-order valence-electron chi connectivity index (χ0n) is 9.51. The Labute approximate surface area is 95.4 Å². The Bertz CT molecular complexity index is 227. The van der Waals surface area contributed by atoms with E-state index < -0.39 is 0 Å². The lowest BCUT2D eigenvalue weighted by Gasteiger charge is -2.37. The molecule has 0 aliphatic carbocycles. The molecule has 2 aliphatic rings. The number of hydrogen-bond donors (Lipinski definition) is 2. The van der Waals surface area contributed by atoms with E-state index >= 15 is 0 Å². The highest BCUT2D eigenvalue weighted by Crippen LogP contribution is 2.40. The highest BCUT2D eigenvalue weighted by Gasteiger charge is 2.46. The van der Waals surface area contributed by atoms with Gasteiger partial charge in [0.25, 0.3) is 0 Å². The summed E-state index contributed by atoms with van der Waals surface area (Å²) in [6.07, 6.45) is 1.42. The zero-order valence-corrected chi connectivity index (χ0v) is 10.3. The number of rotatable bonds is 2. The predicted molar refractivity (Wildman–Crippen MR) is 61.6 cm³/mol. The molecule has 2 heterocycles. The molecule has 0 aromatic carbocycles. The lowest BCUT2D eigenvalue weighted by molar-refractivity contribution is -0.114. The highest BCUT2D eigenvalue weighted by molar-refractivity contribution is 8.00. The molecule has 0 bridgehead atoms. The monoisotopic (exact) mass is 232 g/mol. The maximum Gasteiger partial charge on any atom is 0.122 e. The normalized spacial score (nSPS) is 46.8. The van der Waals surface area contributed by atoms with Crippen LogP contribution in [0.3, 0.4) is 0 Å². The van der Waals surface area contributed by atoms with Crippen LogP contribution in [0.2, 0.25) is 0 Å². The number of thioether (sulfide) groups is 1. The zero-order chi connectivity index (χ0) is 11.0. The molecule has 2 rings (SSSR count). The molecule has 0 aromatic rings. The lowest BCUT2D eigenvalue weighted by Crippen LogP contribution is -2.49. The molecule has 2 fully saturated rings. The lowest BCUT2D eigenvalue weighted by atomic mass is 9.99. The maximum absolute atomic E-state index is 9.91. The van der Waals surface area contributed by atoms with Crippen molar-refractivity contribution in [2.45, 2.75) is 48.9 Å². The van der Waals surface area contributed by atoms with Gasteiger partial charge in [-0.15, -0.1) is 0 Å². The molecule has 2 N–H and O–H groups in total. The minimum Gasteiger partial charge on any atom is -0.390 e. The minimum atomic E-state index is -0.310. The third-order valence-electron chi connectivity index (χ3n) is 3.34. The molecule has 1 unspecified atom stereocenters. The Balaban J connectivity index is 2.04. The largest absolute Gasteiger partial charge is 0.390 e. The molecule has 0 spiro atoms. The van der Waals surface area contributed by atoms with Crippen molar-refractivity contribution in [3.8, 4) is 0 Å². The first kappa shape index (κ1) is 11.7. The van der Waals surface area contributed by atoms with Crippen LogP contribution in [-0.4, -0.2) is 53.3 Å². The number of likely N-dealkylation sites (N-methyl/N-ethyl adjacent to an activating group) is 1. The van der Waals surface area contributed by atoms with Gasteiger partial charge in [-0.3, -0.25) is 10.2 Å². The molecule has 0 aromatic heterocycles. The Hall–Kier alpha value is 0.190. The molecule has 0 radical (unpaired) electrons. The second-order valence-corrected chi connectivity index (χ2v) is 5.45. The molecular weight excluding hydrogens is 212 g/mol. The Morgan fingerprint density at radius 1 is 1.60 bits per heavy atom.